The summed E-state index contributed by atoms with van der Waals surface area (Å²) in [7, 11) is 0. The molecule has 0 aromatic carbocycles. The number of nitrogens with one attached hydrogen (secondary N) is 1. The largest absolute Gasteiger partial charge is 0.349 e. The molecule has 1 aliphatic rings. The monoisotopic (exact) mass is 272 g/mol. The highest BCUT2D eigenvalue weighted by Gasteiger charge is 2.18. The van der Waals surface area contributed by atoms with Gasteiger partial charge < -0.3 is 5.32 Å². The predicted octanol–water partition coefficient (Wildman–Crippen LogP) is 2.57. The zero-order chi connectivity index (χ0) is 13.8. The van der Waals surface area contributed by atoms with Crippen molar-refractivity contribution < 1.29 is 4.79 Å². The molecule has 0 saturated heterocycles. The normalized spacial score (nSPS) is 17.6. The molecule has 0 radical (unpaired) electrons. The summed E-state index contributed by atoms with van der Waals surface area (Å²) in [6.45, 7) is 0. The third-order valence-electron chi connectivity index (χ3n) is 3.96. The van der Waals surface area contributed by atoms with Crippen molar-refractivity contribution in [3.8, 4) is 0 Å². The lowest BCUT2D eigenvalue weighted by atomic mass is 9.96. The van der Waals surface area contributed by atoms with E-state index in [1.54, 1.807) is 29.2 Å². The zero-order valence-corrected chi connectivity index (χ0v) is 11.6. The molecule has 0 unspecified atom stereocenters. The molecular formula is C15H20N4O. The summed E-state index contributed by atoms with van der Waals surface area (Å²) in [5.41, 5.74) is 1.18. The maximum absolute atomic E-state index is 12.4. The molecule has 106 valence electrons. The molecule has 5 heteroatoms. The Hall–Kier alpha value is -1.91. The van der Waals surface area contributed by atoms with Crippen molar-refractivity contribution in [2.45, 2.75) is 51.0 Å². The van der Waals surface area contributed by atoms with Crippen molar-refractivity contribution in [3.05, 3.63) is 30.2 Å². The fraction of sp³-hybridized carbons (Fsp3) is 0.533. The molecule has 2 aromatic rings. The van der Waals surface area contributed by atoms with Crippen LogP contribution in [0.2, 0.25) is 0 Å². The Labute approximate surface area is 118 Å². The first kappa shape index (κ1) is 13.1. The van der Waals surface area contributed by atoms with Gasteiger partial charge in [0.05, 0.1) is 6.20 Å². The molecule has 0 atom stereocenters. The van der Waals surface area contributed by atoms with Crippen molar-refractivity contribution >= 4 is 11.6 Å². The van der Waals surface area contributed by atoms with Crippen LogP contribution in [0.25, 0.3) is 5.65 Å². The maximum Gasteiger partial charge on any atom is 0.256 e. The van der Waals surface area contributed by atoms with Crippen molar-refractivity contribution in [3.63, 3.8) is 0 Å². The van der Waals surface area contributed by atoms with Crippen molar-refractivity contribution in [2.75, 3.05) is 0 Å². The Morgan fingerprint density at radius 3 is 2.75 bits per heavy atom. The number of hydrogen-bond donors (Lipinski definition) is 1. The Morgan fingerprint density at radius 1 is 1.20 bits per heavy atom. The number of carbonyl (C=O) groups excluding carboxylic acids is 1. The lowest BCUT2D eigenvalue weighted by Gasteiger charge is -2.20. The average Bonchev–Trinajstić information content (AvgIpc) is 2.85. The van der Waals surface area contributed by atoms with Crippen LogP contribution in [0.4, 0.5) is 0 Å². The van der Waals surface area contributed by atoms with Gasteiger partial charge in [-0.2, -0.15) is 5.10 Å². The molecule has 2 heterocycles. The number of amides is 1. The molecular weight excluding hydrogens is 252 g/mol. The van der Waals surface area contributed by atoms with Crippen molar-refractivity contribution in [1.29, 1.82) is 0 Å². The Balaban J connectivity index is 1.72. The lowest BCUT2D eigenvalue weighted by molar-refractivity contribution is 0.0932. The van der Waals surface area contributed by atoms with Gasteiger partial charge in [-0.1, -0.05) is 32.1 Å². The molecule has 0 aliphatic heterocycles. The topological polar surface area (TPSA) is 59.3 Å². The first-order valence-electron chi connectivity index (χ1n) is 7.44. The van der Waals surface area contributed by atoms with E-state index < -0.39 is 0 Å². The second-order valence-electron chi connectivity index (χ2n) is 5.46. The molecule has 1 amide bonds. The van der Waals surface area contributed by atoms with Crippen LogP contribution in [0.3, 0.4) is 0 Å². The van der Waals surface area contributed by atoms with Crippen LogP contribution in [-0.4, -0.2) is 26.5 Å². The van der Waals surface area contributed by atoms with E-state index in [2.05, 4.69) is 15.4 Å². The predicted molar refractivity (Wildman–Crippen MR) is 76.6 cm³/mol. The molecule has 0 bridgehead atoms. The summed E-state index contributed by atoms with van der Waals surface area (Å²) < 4.78 is 1.63. The smallest absolute Gasteiger partial charge is 0.256 e. The third-order valence-corrected chi connectivity index (χ3v) is 3.96. The molecule has 1 N–H and O–H groups in total. The lowest BCUT2D eigenvalue weighted by Crippen LogP contribution is -2.35. The number of hydrogen-bond acceptors (Lipinski definition) is 3. The van der Waals surface area contributed by atoms with Crippen LogP contribution in [0, 0.1) is 0 Å². The Bertz CT molecular complexity index is 584. The van der Waals surface area contributed by atoms with E-state index in [4.69, 9.17) is 0 Å². The minimum absolute atomic E-state index is 0.0516. The van der Waals surface area contributed by atoms with E-state index in [0.29, 0.717) is 17.3 Å². The average molecular weight is 272 g/mol. The summed E-state index contributed by atoms with van der Waals surface area (Å²) in [4.78, 5) is 16.6. The van der Waals surface area contributed by atoms with Crippen LogP contribution in [-0.2, 0) is 0 Å². The third kappa shape index (κ3) is 2.81. The molecule has 3 rings (SSSR count). The highest BCUT2D eigenvalue weighted by Crippen LogP contribution is 2.18. The second kappa shape index (κ2) is 6.03. The summed E-state index contributed by atoms with van der Waals surface area (Å²) in [6.07, 6.45) is 13.6. The number of nitrogens with zero attached hydrogens (tertiary/aromatic N) is 3. The molecule has 1 saturated carbocycles. The van der Waals surface area contributed by atoms with Crippen LogP contribution >= 0.6 is 0 Å². The Morgan fingerprint density at radius 2 is 1.95 bits per heavy atom. The van der Waals surface area contributed by atoms with Gasteiger partial charge in [-0.05, 0) is 18.9 Å². The van der Waals surface area contributed by atoms with Gasteiger partial charge in [0, 0.05) is 18.4 Å². The van der Waals surface area contributed by atoms with E-state index in [1.807, 2.05) is 0 Å². The van der Waals surface area contributed by atoms with E-state index in [-0.39, 0.29) is 5.91 Å². The van der Waals surface area contributed by atoms with Crippen LogP contribution in [0.1, 0.15) is 55.3 Å². The van der Waals surface area contributed by atoms with Gasteiger partial charge in [-0.15, -0.1) is 0 Å². The number of rotatable bonds is 2. The maximum atomic E-state index is 12.4. The van der Waals surface area contributed by atoms with Crippen molar-refractivity contribution in [2.24, 2.45) is 0 Å². The molecule has 1 fully saturated rings. The van der Waals surface area contributed by atoms with E-state index in [0.717, 1.165) is 12.8 Å². The number of fused-ring (bicyclic) bond motifs is 1. The highest BCUT2D eigenvalue weighted by atomic mass is 16.1. The van der Waals surface area contributed by atoms with Gasteiger partial charge in [0.15, 0.2) is 5.65 Å². The second-order valence-corrected chi connectivity index (χ2v) is 5.46. The molecule has 1 aliphatic carbocycles. The molecule has 20 heavy (non-hydrogen) atoms. The minimum atomic E-state index is -0.0516. The number of carbonyl (C=O) groups is 1. The summed E-state index contributed by atoms with van der Waals surface area (Å²) in [5.74, 6) is -0.0516. The standard InChI is InChI=1S/C15H20N4O/c20-15(18-12-7-4-2-1-3-5-8-12)13-11-17-19-10-6-9-16-14(13)19/h6,9-12H,1-5,7-8H2,(H,18,20). The summed E-state index contributed by atoms with van der Waals surface area (Å²) in [5, 5.41) is 7.31. The van der Waals surface area contributed by atoms with Crippen LogP contribution < -0.4 is 5.32 Å². The van der Waals surface area contributed by atoms with Crippen LogP contribution in [0.15, 0.2) is 24.7 Å². The molecule has 5 nitrogen and oxygen atoms in total. The van der Waals surface area contributed by atoms with Gasteiger partial charge in [-0.25, -0.2) is 9.50 Å². The Kier molecular flexibility index (Phi) is 3.95. The van der Waals surface area contributed by atoms with E-state index in [1.165, 1.54) is 32.1 Å². The number of aromatic nitrogens is 3. The van der Waals surface area contributed by atoms with Crippen molar-refractivity contribution in [1.82, 2.24) is 19.9 Å². The SMILES string of the molecule is O=C(NC1CCCCCCC1)c1cnn2cccnc12. The molecule has 0 spiro atoms. The quantitative estimate of drug-likeness (QED) is 0.914. The van der Waals surface area contributed by atoms with Gasteiger partial charge in [0.1, 0.15) is 5.56 Å². The first-order valence-corrected chi connectivity index (χ1v) is 7.44. The minimum Gasteiger partial charge on any atom is -0.349 e. The fourth-order valence-electron chi connectivity index (χ4n) is 2.85. The summed E-state index contributed by atoms with van der Waals surface area (Å²) >= 11 is 0. The van der Waals surface area contributed by atoms with Crippen LogP contribution in [0.5, 0.6) is 0 Å². The summed E-state index contributed by atoms with van der Waals surface area (Å²) in [6, 6.07) is 2.10. The van der Waals surface area contributed by atoms with Gasteiger partial charge in [0.25, 0.3) is 5.91 Å². The van der Waals surface area contributed by atoms with E-state index in [9.17, 15) is 4.79 Å². The zero-order valence-electron chi connectivity index (χ0n) is 11.6. The van der Waals surface area contributed by atoms with Gasteiger partial charge in [0.2, 0.25) is 0 Å². The van der Waals surface area contributed by atoms with E-state index >= 15 is 0 Å². The highest BCUT2D eigenvalue weighted by molar-refractivity contribution is 5.99. The van der Waals surface area contributed by atoms with Gasteiger partial charge in [-0.3, -0.25) is 4.79 Å². The first-order chi connectivity index (χ1) is 9.84. The molecule has 2 aromatic heterocycles. The fourth-order valence-corrected chi connectivity index (χ4v) is 2.85. The van der Waals surface area contributed by atoms with Gasteiger partial charge >= 0.3 is 0 Å².